The Balaban J connectivity index is 2.17. The number of nitrogens with one attached hydrogen (secondary N) is 1. The number of nitrogens with zero attached hydrogens (tertiary/aromatic N) is 3. The average molecular weight is 298 g/mol. The summed E-state index contributed by atoms with van der Waals surface area (Å²) in [6.07, 6.45) is -1.44. The van der Waals surface area contributed by atoms with E-state index in [9.17, 15) is 18.0 Å². The van der Waals surface area contributed by atoms with Crippen LogP contribution in [0.25, 0.3) is 0 Å². The molecule has 0 radical (unpaired) electrons. The molecule has 1 N–H and O–H groups in total. The van der Waals surface area contributed by atoms with Gasteiger partial charge in [-0.3, -0.25) is 4.98 Å². The van der Waals surface area contributed by atoms with Crippen molar-refractivity contribution in [3.63, 3.8) is 0 Å². The fourth-order valence-corrected chi connectivity index (χ4v) is 1.80. The van der Waals surface area contributed by atoms with Crippen molar-refractivity contribution in [3.8, 4) is 0 Å². The molecule has 0 aromatic carbocycles. The predicted octanol–water partition coefficient (Wildman–Crippen LogP) is 2.67. The molecule has 21 heavy (non-hydrogen) atoms. The van der Waals surface area contributed by atoms with Crippen molar-refractivity contribution in [1.29, 1.82) is 0 Å². The van der Waals surface area contributed by atoms with Crippen LogP contribution in [0.2, 0.25) is 0 Å². The highest BCUT2D eigenvalue weighted by molar-refractivity contribution is 5.76. The zero-order valence-corrected chi connectivity index (χ0v) is 11.4. The van der Waals surface area contributed by atoms with Crippen LogP contribution < -0.4 is 5.32 Å². The van der Waals surface area contributed by atoms with Gasteiger partial charge in [0.15, 0.2) is 5.69 Å². The van der Waals surface area contributed by atoms with Gasteiger partial charge in [-0.05, 0) is 25.5 Å². The van der Waals surface area contributed by atoms with Crippen LogP contribution in [0.3, 0.4) is 0 Å². The topological polar surface area (TPSA) is 59.8 Å². The number of halogens is 3. The first kappa shape index (κ1) is 15.0. The second kappa shape index (κ2) is 5.55. The van der Waals surface area contributed by atoms with Crippen molar-refractivity contribution < 1.29 is 18.0 Å². The minimum atomic E-state index is -4.58. The van der Waals surface area contributed by atoms with Gasteiger partial charge in [0.2, 0.25) is 0 Å². The zero-order valence-electron chi connectivity index (χ0n) is 11.4. The number of aromatic nitrogens is 3. The molecule has 5 nitrogen and oxygen atoms in total. The van der Waals surface area contributed by atoms with Crippen molar-refractivity contribution in [2.24, 2.45) is 0 Å². The van der Waals surface area contributed by atoms with Gasteiger partial charge in [0, 0.05) is 30.2 Å². The van der Waals surface area contributed by atoms with Crippen LogP contribution in [0, 0.1) is 13.8 Å². The Kier molecular flexibility index (Phi) is 3.97. The average Bonchev–Trinajstić information content (AvgIpc) is 2.74. The number of hydrogen-bond donors (Lipinski definition) is 1. The Hall–Kier alpha value is -2.38. The first-order valence-corrected chi connectivity index (χ1v) is 6.11. The zero-order chi connectivity index (χ0) is 15.6. The van der Waals surface area contributed by atoms with E-state index in [4.69, 9.17) is 0 Å². The molecule has 0 aliphatic rings. The molecule has 0 saturated heterocycles. The van der Waals surface area contributed by atoms with E-state index in [1.54, 1.807) is 24.5 Å². The number of carbonyl (C=O) groups excluding carboxylic acids is 1. The van der Waals surface area contributed by atoms with Gasteiger partial charge in [-0.15, -0.1) is 0 Å². The smallest absolute Gasteiger partial charge is 0.332 e. The Labute approximate surface area is 118 Å². The van der Waals surface area contributed by atoms with Crippen molar-refractivity contribution in [2.75, 3.05) is 0 Å². The SMILES string of the molecule is Cc1c(C(F)(F)F)nn(C(=O)NCc2cccnc2)c1C. The van der Waals surface area contributed by atoms with Crippen molar-refractivity contribution >= 4 is 6.03 Å². The lowest BCUT2D eigenvalue weighted by Gasteiger charge is -2.06. The molecule has 0 atom stereocenters. The monoisotopic (exact) mass is 298 g/mol. The summed E-state index contributed by atoms with van der Waals surface area (Å²) in [5.41, 5.74) is -0.204. The highest BCUT2D eigenvalue weighted by atomic mass is 19.4. The van der Waals surface area contributed by atoms with E-state index in [0.29, 0.717) is 0 Å². The van der Waals surface area contributed by atoms with Crippen molar-refractivity contribution in [1.82, 2.24) is 20.1 Å². The largest absolute Gasteiger partial charge is 0.435 e. The van der Waals surface area contributed by atoms with E-state index in [2.05, 4.69) is 15.4 Å². The summed E-state index contributed by atoms with van der Waals surface area (Å²) in [5.74, 6) is 0. The lowest BCUT2D eigenvalue weighted by molar-refractivity contribution is -0.141. The van der Waals surface area contributed by atoms with Crippen LogP contribution in [-0.2, 0) is 12.7 Å². The van der Waals surface area contributed by atoms with Gasteiger partial charge in [0.05, 0.1) is 0 Å². The van der Waals surface area contributed by atoms with Crippen molar-refractivity contribution in [3.05, 3.63) is 47.0 Å². The van der Waals surface area contributed by atoms with Crippen LogP contribution in [0.15, 0.2) is 24.5 Å². The number of alkyl halides is 3. The summed E-state index contributed by atoms with van der Waals surface area (Å²) >= 11 is 0. The van der Waals surface area contributed by atoms with Gasteiger partial charge in [0.1, 0.15) is 0 Å². The third-order valence-corrected chi connectivity index (χ3v) is 3.04. The summed E-state index contributed by atoms with van der Waals surface area (Å²) in [4.78, 5) is 15.8. The predicted molar refractivity (Wildman–Crippen MR) is 68.6 cm³/mol. The molecule has 2 heterocycles. The van der Waals surface area contributed by atoms with E-state index in [-0.39, 0.29) is 17.8 Å². The Morgan fingerprint density at radius 2 is 2.10 bits per heavy atom. The molecule has 2 aromatic heterocycles. The molecule has 2 aromatic rings. The molecule has 0 bridgehead atoms. The maximum Gasteiger partial charge on any atom is 0.435 e. The van der Waals surface area contributed by atoms with Crippen molar-refractivity contribution in [2.45, 2.75) is 26.6 Å². The van der Waals surface area contributed by atoms with Gasteiger partial charge < -0.3 is 5.32 Å². The first-order valence-electron chi connectivity index (χ1n) is 6.11. The highest BCUT2D eigenvalue weighted by Gasteiger charge is 2.37. The number of amides is 1. The minimum Gasteiger partial charge on any atom is -0.332 e. The van der Waals surface area contributed by atoms with Gasteiger partial charge in [-0.1, -0.05) is 6.07 Å². The molecule has 0 unspecified atom stereocenters. The van der Waals surface area contributed by atoms with E-state index in [1.807, 2.05) is 0 Å². The Morgan fingerprint density at radius 1 is 1.38 bits per heavy atom. The second-order valence-electron chi connectivity index (χ2n) is 4.49. The van der Waals surface area contributed by atoms with Gasteiger partial charge in [-0.25, -0.2) is 4.79 Å². The molecule has 112 valence electrons. The molecule has 2 rings (SSSR count). The molecule has 0 fully saturated rings. The lowest BCUT2D eigenvalue weighted by atomic mass is 10.2. The number of hydrogen-bond acceptors (Lipinski definition) is 3. The molecule has 8 heteroatoms. The molecule has 0 saturated carbocycles. The molecule has 1 amide bonds. The molecule has 0 aliphatic heterocycles. The van der Waals surface area contributed by atoms with E-state index in [1.165, 1.54) is 13.8 Å². The van der Waals surface area contributed by atoms with Crippen LogP contribution in [0.4, 0.5) is 18.0 Å². The minimum absolute atomic E-state index is 0.0565. The summed E-state index contributed by atoms with van der Waals surface area (Å²) in [6.45, 7) is 2.86. The standard InChI is InChI=1S/C13H13F3N4O/c1-8-9(2)20(19-11(8)13(14,15)16)12(21)18-7-10-4-3-5-17-6-10/h3-6H,7H2,1-2H3,(H,18,21). The number of pyridine rings is 1. The fraction of sp³-hybridized carbons (Fsp3) is 0.308. The van der Waals surface area contributed by atoms with Gasteiger partial charge in [-0.2, -0.15) is 23.0 Å². The summed E-state index contributed by atoms with van der Waals surface area (Å²) in [6, 6.07) is 2.73. The van der Waals surface area contributed by atoms with Crippen LogP contribution in [-0.4, -0.2) is 20.8 Å². The van der Waals surface area contributed by atoms with Crippen LogP contribution in [0.1, 0.15) is 22.5 Å². The molecule has 0 aliphatic carbocycles. The van der Waals surface area contributed by atoms with E-state index >= 15 is 0 Å². The molecular weight excluding hydrogens is 285 g/mol. The van der Waals surface area contributed by atoms with Gasteiger partial charge >= 0.3 is 12.2 Å². The lowest BCUT2D eigenvalue weighted by Crippen LogP contribution is -2.30. The first-order chi connectivity index (χ1) is 9.80. The highest BCUT2D eigenvalue weighted by Crippen LogP contribution is 2.31. The fourth-order valence-electron chi connectivity index (χ4n) is 1.80. The third kappa shape index (κ3) is 3.21. The maximum atomic E-state index is 12.7. The van der Waals surface area contributed by atoms with E-state index < -0.39 is 17.9 Å². The summed E-state index contributed by atoms with van der Waals surface area (Å²) in [5, 5.41) is 5.86. The normalized spacial score (nSPS) is 11.5. The van der Waals surface area contributed by atoms with Crippen LogP contribution in [0.5, 0.6) is 0 Å². The molecular formula is C13H13F3N4O. The van der Waals surface area contributed by atoms with Crippen LogP contribution >= 0.6 is 0 Å². The second-order valence-corrected chi connectivity index (χ2v) is 4.49. The Morgan fingerprint density at radius 3 is 2.62 bits per heavy atom. The van der Waals surface area contributed by atoms with Gasteiger partial charge in [0.25, 0.3) is 0 Å². The third-order valence-electron chi connectivity index (χ3n) is 3.04. The maximum absolute atomic E-state index is 12.7. The Bertz CT molecular complexity index is 649. The summed E-state index contributed by atoms with van der Waals surface area (Å²) in [7, 11) is 0. The molecule has 0 spiro atoms. The number of carbonyl (C=O) groups is 1. The quantitative estimate of drug-likeness (QED) is 0.927. The summed E-state index contributed by atoms with van der Waals surface area (Å²) < 4.78 is 39.0. The van der Waals surface area contributed by atoms with E-state index in [0.717, 1.165) is 10.2 Å². The number of rotatable bonds is 2.